The Morgan fingerprint density at radius 2 is 1.55 bits per heavy atom. The van der Waals surface area contributed by atoms with Crippen LogP contribution in [0.25, 0.3) is 11.1 Å². The number of hydrogen-bond donors (Lipinski definition) is 2. The van der Waals surface area contributed by atoms with Crippen LogP contribution in [0.1, 0.15) is 29.9 Å². The molecule has 2 aliphatic rings. The topological polar surface area (TPSA) is 98.8 Å². The van der Waals surface area contributed by atoms with E-state index in [-0.39, 0.29) is 56.3 Å². The molecular weight excluding hydrogens is 555 g/mol. The van der Waals surface area contributed by atoms with Gasteiger partial charge in [-0.25, -0.2) is 12.8 Å². The molecule has 1 unspecified atom stereocenters. The Kier molecular flexibility index (Phi) is 9.35. The van der Waals surface area contributed by atoms with Crippen molar-refractivity contribution in [3.05, 3.63) is 95.8 Å². The van der Waals surface area contributed by atoms with Crippen molar-refractivity contribution in [2.24, 2.45) is 0 Å². The molecule has 42 heavy (non-hydrogen) atoms. The van der Waals surface area contributed by atoms with Crippen LogP contribution in [0.5, 0.6) is 0 Å². The molecule has 2 N–H and O–H groups in total. The average Bonchev–Trinajstić information content (AvgIpc) is 3.76. The minimum Gasteiger partial charge on any atom is -0.344 e. The number of piperazine rings is 1. The number of carbonyl (C=O) groups excluding carboxylic acids is 2. The first-order valence-corrected chi connectivity index (χ1v) is 16.2. The average molecular weight is 593 g/mol. The molecule has 1 heterocycles. The molecule has 0 radical (unpaired) electrons. The van der Waals surface area contributed by atoms with Crippen molar-refractivity contribution in [2.75, 3.05) is 39.0 Å². The molecule has 1 saturated carbocycles. The standard InChI is InChI=1S/C32H37FN4O4S/c1-42(40,41)37-19-17-36(18-20-37)32(39)29(15-16-34-30-22-28(30)26-11-13-27(33)14-12-26)35-31(38)21-23-7-9-25(10-8-23)24-5-3-2-4-6-24/h2-14,28-30,34H,15-22H2,1H3,(H,35,38)/t28-,29?,30+/m0/s1. The van der Waals surface area contributed by atoms with Gasteiger partial charge in [0.05, 0.1) is 12.7 Å². The van der Waals surface area contributed by atoms with E-state index >= 15 is 0 Å². The molecule has 222 valence electrons. The minimum atomic E-state index is -3.32. The molecule has 0 aromatic heterocycles. The van der Waals surface area contributed by atoms with E-state index < -0.39 is 16.1 Å². The number of nitrogens with zero attached hydrogens (tertiary/aromatic N) is 2. The van der Waals surface area contributed by atoms with Crippen LogP contribution in [0.2, 0.25) is 0 Å². The quantitative estimate of drug-likeness (QED) is 0.357. The maximum Gasteiger partial charge on any atom is 0.245 e. The van der Waals surface area contributed by atoms with E-state index in [2.05, 4.69) is 10.6 Å². The van der Waals surface area contributed by atoms with Gasteiger partial charge in [-0.05, 0) is 53.8 Å². The second-order valence-electron chi connectivity index (χ2n) is 11.1. The number of rotatable bonds is 11. The first-order valence-electron chi connectivity index (χ1n) is 14.3. The number of halogens is 1. The Bertz CT molecular complexity index is 1480. The van der Waals surface area contributed by atoms with E-state index in [4.69, 9.17) is 0 Å². The van der Waals surface area contributed by atoms with Gasteiger partial charge in [0, 0.05) is 38.1 Å². The smallest absolute Gasteiger partial charge is 0.245 e. The Hall–Kier alpha value is -3.60. The zero-order valence-corrected chi connectivity index (χ0v) is 24.5. The van der Waals surface area contributed by atoms with E-state index in [1.165, 1.54) is 22.7 Å². The van der Waals surface area contributed by atoms with Crippen LogP contribution in [-0.2, 0) is 26.0 Å². The summed E-state index contributed by atoms with van der Waals surface area (Å²) in [4.78, 5) is 28.3. The maximum absolute atomic E-state index is 13.5. The number of sulfonamides is 1. The monoisotopic (exact) mass is 592 g/mol. The van der Waals surface area contributed by atoms with Crippen molar-refractivity contribution in [3.63, 3.8) is 0 Å². The Morgan fingerprint density at radius 1 is 0.905 bits per heavy atom. The normalized spacial score (nSPS) is 19.7. The lowest BCUT2D eigenvalue weighted by molar-refractivity contribution is -0.137. The summed E-state index contributed by atoms with van der Waals surface area (Å²) >= 11 is 0. The van der Waals surface area contributed by atoms with Crippen LogP contribution in [-0.4, -0.2) is 80.5 Å². The van der Waals surface area contributed by atoms with Crippen molar-refractivity contribution >= 4 is 21.8 Å². The molecule has 3 aromatic carbocycles. The van der Waals surface area contributed by atoms with Gasteiger partial charge >= 0.3 is 0 Å². The molecule has 1 aliphatic carbocycles. The first-order chi connectivity index (χ1) is 20.2. The SMILES string of the molecule is CS(=O)(=O)N1CCN(C(=O)C(CCN[C@@H]2C[C@H]2c2ccc(F)cc2)NC(=O)Cc2ccc(-c3ccccc3)cc2)CC1. The summed E-state index contributed by atoms with van der Waals surface area (Å²) in [6.45, 7) is 1.55. The molecule has 8 nitrogen and oxygen atoms in total. The first kappa shape index (κ1) is 29.9. The van der Waals surface area contributed by atoms with E-state index in [1.807, 2.05) is 54.6 Å². The van der Waals surface area contributed by atoms with Crippen molar-refractivity contribution in [1.82, 2.24) is 19.8 Å². The van der Waals surface area contributed by atoms with Gasteiger partial charge in [-0.15, -0.1) is 0 Å². The molecule has 3 atom stereocenters. The fraction of sp³-hybridized carbons (Fsp3) is 0.375. The second-order valence-corrected chi connectivity index (χ2v) is 13.1. The van der Waals surface area contributed by atoms with Crippen molar-refractivity contribution in [3.8, 4) is 11.1 Å². The van der Waals surface area contributed by atoms with Crippen LogP contribution in [0.4, 0.5) is 4.39 Å². The van der Waals surface area contributed by atoms with Gasteiger partial charge < -0.3 is 15.5 Å². The second kappa shape index (κ2) is 13.1. The highest BCUT2D eigenvalue weighted by Gasteiger charge is 2.38. The largest absolute Gasteiger partial charge is 0.344 e. The summed E-state index contributed by atoms with van der Waals surface area (Å²) in [7, 11) is -3.32. The van der Waals surface area contributed by atoms with Gasteiger partial charge in [-0.3, -0.25) is 9.59 Å². The molecule has 3 aromatic rings. The predicted molar refractivity (Wildman–Crippen MR) is 161 cm³/mol. The van der Waals surface area contributed by atoms with Crippen molar-refractivity contribution in [2.45, 2.75) is 37.3 Å². The predicted octanol–water partition coefficient (Wildman–Crippen LogP) is 3.16. The minimum absolute atomic E-state index is 0.142. The van der Waals surface area contributed by atoms with Crippen LogP contribution < -0.4 is 10.6 Å². The van der Waals surface area contributed by atoms with Gasteiger partial charge in [-0.2, -0.15) is 4.31 Å². The Labute approximate surface area is 247 Å². The van der Waals surface area contributed by atoms with Crippen molar-refractivity contribution in [1.29, 1.82) is 0 Å². The third-order valence-corrected chi connectivity index (χ3v) is 9.31. The third kappa shape index (κ3) is 7.81. The highest BCUT2D eigenvalue weighted by atomic mass is 32.2. The van der Waals surface area contributed by atoms with Crippen LogP contribution >= 0.6 is 0 Å². The van der Waals surface area contributed by atoms with Gasteiger partial charge in [0.25, 0.3) is 0 Å². The van der Waals surface area contributed by atoms with Gasteiger partial charge in [0.1, 0.15) is 11.9 Å². The van der Waals surface area contributed by atoms with E-state index in [1.54, 1.807) is 17.0 Å². The van der Waals surface area contributed by atoms with Gasteiger partial charge in [0.2, 0.25) is 21.8 Å². The van der Waals surface area contributed by atoms with E-state index in [0.717, 1.165) is 28.7 Å². The lowest BCUT2D eigenvalue weighted by Gasteiger charge is -2.35. The summed E-state index contributed by atoms with van der Waals surface area (Å²) in [5.74, 6) is -0.405. The molecule has 0 bridgehead atoms. The fourth-order valence-corrected chi connectivity index (χ4v) is 6.33. The number of amides is 2. The molecule has 1 saturated heterocycles. The summed E-state index contributed by atoms with van der Waals surface area (Å²) in [6.07, 6.45) is 2.64. The summed E-state index contributed by atoms with van der Waals surface area (Å²) in [5, 5.41) is 6.43. The van der Waals surface area contributed by atoms with Crippen LogP contribution in [0, 0.1) is 5.82 Å². The highest BCUT2D eigenvalue weighted by molar-refractivity contribution is 7.88. The fourth-order valence-electron chi connectivity index (χ4n) is 5.51. The summed E-state index contributed by atoms with van der Waals surface area (Å²) in [6, 6.07) is 23.9. The van der Waals surface area contributed by atoms with Crippen LogP contribution in [0.3, 0.4) is 0 Å². The molecule has 1 aliphatic heterocycles. The van der Waals surface area contributed by atoms with Gasteiger partial charge in [-0.1, -0.05) is 66.7 Å². The van der Waals surface area contributed by atoms with E-state index in [0.29, 0.717) is 18.9 Å². The number of carbonyl (C=O) groups is 2. The highest BCUT2D eigenvalue weighted by Crippen LogP contribution is 2.40. The molecule has 10 heteroatoms. The molecule has 5 rings (SSSR count). The lowest BCUT2D eigenvalue weighted by Crippen LogP contribution is -2.56. The van der Waals surface area contributed by atoms with Gasteiger partial charge in [0.15, 0.2) is 0 Å². The van der Waals surface area contributed by atoms with Crippen LogP contribution in [0.15, 0.2) is 78.9 Å². The molecule has 2 fully saturated rings. The third-order valence-electron chi connectivity index (χ3n) is 8.01. The summed E-state index contributed by atoms with van der Waals surface area (Å²) in [5.41, 5.74) is 4.08. The Balaban J connectivity index is 1.19. The maximum atomic E-state index is 13.5. The van der Waals surface area contributed by atoms with E-state index in [9.17, 15) is 22.4 Å². The zero-order valence-electron chi connectivity index (χ0n) is 23.7. The molecular formula is C32H37FN4O4S. The zero-order chi connectivity index (χ0) is 29.7. The molecule has 0 spiro atoms. The summed E-state index contributed by atoms with van der Waals surface area (Å²) < 4.78 is 38.5. The number of benzene rings is 3. The number of hydrogen-bond acceptors (Lipinski definition) is 5. The lowest BCUT2D eigenvalue weighted by atomic mass is 10.0. The molecule has 2 amide bonds. The van der Waals surface area contributed by atoms with Crippen molar-refractivity contribution < 1.29 is 22.4 Å². The Morgan fingerprint density at radius 3 is 2.19 bits per heavy atom. The number of nitrogens with one attached hydrogen (secondary N) is 2.